The molecule has 0 spiro atoms. The van der Waals surface area contributed by atoms with Crippen molar-refractivity contribution in [2.24, 2.45) is 0 Å². The van der Waals surface area contributed by atoms with Gasteiger partial charge in [0.05, 0.1) is 5.02 Å². The summed E-state index contributed by atoms with van der Waals surface area (Å²) in [6, 6.07) is 3.91. The molecule has 0 unspecified atom stereocenters. The summed E-state index contributed by atoms with van der Waals surface area (Å²) < 4.78 is 62.4. The van der Waals surface area contributed by atoms with E-state index in [0.29, 0.717) is 12.0 Å². The van der Waals surface area contributed by atoms with E-state index < -0.39 is 21.4 Å². The lowest BCUT2D eigenvalue weighted by molar-refractivity contribution is -0.0500. The van der Waals surface area contributed by atoms with Crippen LogP contribution in [0, 0.1) is 0 Å². The van der Waals surface area contributed by atoms with Crippen LogP contribution in [0.5, 0.6) is 5.75 Å². The quantitative estimate of drug-likeness (QED) is 0.608. The van der Waals surface area contributed by atoms with Crippen LogP contribution in [0.1, 0.15) is 25.8 Å². The first-order valence-corrected chi connectivity index (χ1v) is 7.37. The predicted molar refractivity (Wildman–Crippen MR) is 71.0 cm³/mol. The highest BCUT2D eigenvalue weighted by Gasteiger charge is 2.48. The fraction of sp³-hybridized carbons (Fsp3) is 0.333. The lowest BCUT2D eigenvalue weighted by atomic mass is 10.0. The van der Waals surface area contributed by atoms with Gasteiger partial charge in [-0.15, -0.1) is 0 Å². The van der Waals surface area contributed by atoms with Crippen LogP contribution in [0.2, 0.25) is 5.02 Å². The molecule has 0 saturated heterocycles. The molecule has 0 aromatic heterocycles. The van der Waals surface area contributed by atoms with E-state index in [1.54, 1.807) is 0 Å². The van der Waals surface area contributed by atoms with Gasteiger partial charge >= 0.3 is 15.6 Å². The van der Waals surface area contributed by atoms with Gasteiger partial charge in [0, 0.05) is 0 Å². The Labute approximate surface area is 120 Å². The maximum absolute atomic E-state index is 12.2. The Balaban J connectivity index is 3.13. The summed E-state index contributed by atoms with van der Waals surface area (Å²) in [5.41, 5.74) is -3.87. The van der Waals surface area contributed by atoms with E-state index in [1.807, 2.05) is 19.9 Å². The molecule has 1 aromatic carbocycles. The second-order valence-electron chi connectivity index (χ2n) is 3.80. The van der Waals surface area contributed by atoms with Crippen LogP contribution in [0.4, 0.5) is 13.2 Å². The molecule has 3 nitrogen and oxygen atoms in total. The van der Waals surface area contributed by atoms with Crippen LogP contribution in [0.15, 0.2) is 24.3 Å². The molecule has 8 heteroatoms. The number of hydrogen-bond donors (Lipinski definition) is 0. The second kappa shape index (κ2) is 6.05. The number of benzene rings is 1. The molecule has 0 amide bonds. The zero-order valence-electron chi connectivity index (χ0n) is 10.7. The topological polar surface area (TPSA) is 43.4 Å². The molecule has 20 heavy (non-hydrogen) atoms. The van der Waals surface area contributed by atoms with E-state index in [4.69, 9.17) is 11.6 Å². The third kappa shape index (κ3) is 3.67. The molecule has 0 aliphatic heterocycles. The maximum atomic E-state index is 12.2. The maximum Gasteiger partial charge on any atom is 0.534 e. The normalized spacial score (nSPS) is 13.4. The highest BCUT2D eigenvalue weighted by atomic mass is 35.5. The average Bonchev–Trinajstić information content (AvgIpc) is 2.32. The van der Waals surface area contributed by atoms with Crippen molar-refractivity contribution < 1.29 is 25.8 Å². The molecule has 0 fully saturated rings. The standard InChI is InChI=1S/C12H12ClF3O3S/c1-3-8(4-2)9-5-6-11(10(13)7-9)19-20(17,18)12(14,15)16/h3,5-7H,4H2,1-2H3/b8-3+. The van der Waals surface area contributed by atoms with Gasteiger partial charge in [0.15, 0.2) is 5.75 Å². The molecule has 1 rings (SSSR count). The summed E-state index contributed by atoms with van der Waals surface area (Å²) in [5, 5.41) is -0.205. The first-order chi connectivity index (χ1) is 9.12. The van der Waals surface area contributed by atoms with E-state index in [9.17, 15) is 21.6 Å². The molecule has 1 aromatic rings. The molecule has 0 aliphatic carbocycles. The Bertz CT molecular complexity index is 621. The minimum absolute atomic E-state index is 0.205. The van der Waals surface area contributed by atoms with Crippen LogP contribution < -0.4 is 4.18 Å². The van der Waals surface area contributed by atoms with Gasteiger partial charge in [-0.2, -0.15) is 21.6 Å². The molecule has 0 aliphatic rings. The predicted octanol–water partition coefficient (Wildman–Crippen LogP) is 4.38. The van der Waals surface area contributed by atoms with E-state index in [-0.39, 0.29) is 5.02 Å². The number of hydrogen-bond acceptors (Lipinski definition) is 3. The molecule has 0 heterocycles. The fourth-order valence-electron chi connectivity index (χ4n) is 1.51. The third-order valence-corrected chi connectivity index (χ3v) is 3.78. The zero-order valence-corrected chi connectivity index (χ0v) is 12.2. The van der Waals surface area contributed by atoms with Gasteiger partial charge in [-0.3, -0.25) is 0 Å². The second-order valence-corrected chi connectivity index (χ2v) is 5.74. The monoisotopic (exact) mass is 328 g/mol. The smallest absolute Gasteiger partial charge is 0.374 e. The van der Waals surface area contributed by atoms with Crippen LogP contribution in [0.3, 0.4) is 0 Å². The van der Waals surface area contributed by atoms with Crippen molar-refractivity contribution in [2.45, 2.75) is 25.8 Å². The third-order valence-electron chi connectivity index (χ3n) is 2.51. The Morgan fingerprint density at radius 1 is 1.40 bits per heavy atom. The molecule has 0 atom stereocenters. The zero-order chi connectivity index (χ0) is 15.6. The van der Waals surface area contributed by atoms with Crippen molar-refractivity contribution in [3.8, 4) is 5.75 Å². The van der Waals surface area contributed by atoms with E-state index in [2.05, 4.69) is 4.18 Å². The van der Waals surface area contributed by atoms with Gasteiger partial charge in [0.2, 0.25) is 0 Å². The molecule has 0 saturated carbocycles. The van der Waals surface area contributed by atoms with Crippen molar-refractivity contribution in [3.63, 3.8) is 0 Å². The van der Waals surface area contributed by atoms with Crippen LogP contribution in [-0.4, -0.2) is 13.9 Å². The number of allylic oxidation sites excluding steroid dienone is 2. The molecular formula is C12H12ClF3O3S. The summed E-state index contributed by atoms with van der Waals surface area (Å²) >= 11 is 5.76. The molecule has 0 bridgehead atoms. The van der Waals surface area contributed by atoms with Gasteiger partial charge in [-0.25, -0.2) is 0 Å². The Morgan fingerprint density at radius 2 is 2.00 bits per heavy atom. The van der Waals surface area contributed by atoms with Gasteiger partial charge < -0.3 is 4.18 Å². The lowest BCUT2D eigenvalue weighted by Crippen LogP contribution is -2.28. The van der Waals surface area contributed by atoms with Gasteiger partial charge in [0.1, 0.15) is 0 Å². The fourth-order valence-corrected chi connectivity index (χ4v) is 2.25. The van der Waals surface area contributed by atoms with Crippen LogP contribution >= 0.6 is 11.6 Å². The SMILES string of the molecule is C/C=C(\CC)c1ccc(OS(=O)(=O)C(F)(F)F)c(Cl)c1. The van der Waals surface area contributed by atoms with Crippen molar-refractivity contribution >= 4 is 27.3 Å². The number of alkyl halides is 3. The highest BCUT2D eigenvalue weighted by Crippen LogP contribution is 2.33. The van der Waals surface area contributed by atoms with Crippen LogP contribution in [-0.2, 0) is 10.1 Å². The Morgan fingerprint density at radius 3 is 2.40 bits per heavy atom. The van der Waals surface area contributed by atoms with Crippen LogP contribution in [0.25, 0.3) is 5.57 Å². The highest BCUT2D eigenvalue weighted by molar-refractivity contribution is 7.88. The van der Waals surface area contributed by atoms with Crippen molar-refractivity contribution in [1.29, 1.82) is 0 Å². The van der Waals surface area contributed by atoms with Crippen molar-refractivity contribution in [1.82, 2.24) is 0 Å². The summed E-state index contributed by atoms with van der Waals surface area (Å²) in [4.78, 5) is 0. The Hall–Kier alpha value is -1.21. The first kappa shape index (κ1) is 16.8. The number of rotatable bonds is 4. The lowest BCUT2D eigenvalue weighted by Gasteiger charge is -2.12. The molecule has 112 valence electrons. The van der Waals surface area contributed by atoms with E-state index in [1.165, 1.54) is 12.1 Å². The molecule has 0 radical (unpaired) electrons. The largest absolute Gasteiger partial charge is 0.534 e. The van der Waals surface area contributed by atoms with Gasteiger partial charge in [-0.1, -0.05) is 30.7 Å². The summed E-state index contributed by atoms with van der Waals surface area (Å²) in [6.07, 6.45) is 2.53. The van der Waals surface area contributed by atoms with Gasteiger partial charge in [-0.05, 0) is 36.6 Å². The summed E-state index contributed by atoms with van der Waals surface area (Å²) in [6.45, 7) is 3.72. The minimum Gasteiger partial charge on any atom is -0.374 e. The molecular weight excluding hydrogens is 317 g/mol. The first-order valence-electron chi connectivity index (χ1n) is 5.58. The molecule has 0 N–H and O–H groups in total. The van der Waals surface area contributed by atoms with E-state index in [0.717, 1.165) is 11.6 Å². The van der Waals surface area contributed by atoms with Crippen molar-refractivity contribution in [2.75, 3.05) is 0 Å². The number of halogens is 4. The average molecular weight is 329 g/mol. The Kier molecular flexibility index (Phi) is 5.10. The summed E-state index contributed by atoms with van der Waals surface area (Å²) in [5.74, 6) is -0.556. The van der Waals surface area contributed by atoms with Gasteiger partial charge in [0.25, 0.3) is 0 Å². The minimum atomic E-state index is -5.72. The summed E-state index contributed by atoms with van der Waals surface area (Å²) in [7, 11) is -5.72. The van der Waals surface area contributed by atoms with Crippen molar-refractivity contribution in [3.05, 3.63) is 34.9 Å². The van der Waals surface area contributed by atoms with E-state index >= 15 is 0 Å².